The summed E-state index contributed by atoms with van der Waals surface area (Å²) >= 11 is 3.23. The summed E-state index contributed by atoms with van der Waals surface area (Å²) in [5.74, 6) is -0.0518. The maximum atomic E-state index is 10.6. The minimum Gasteiger partial charge on any atom is -0.490 e. The van der Waals surface area contributed by atoms with Crippen LogP contribution in [0.2, 0.25) is 0 Å². The molecule has 0 spiro atoms. The fourth-order valence-corrected chi connectivity index (χ4v) is 1.08. The second-order valence-electron chi connectivity index (χ2n) is 2.66. The molecular formula is C8H10BrN3O2. The summed E-state index contributed by atoms with van der Waals surface area (Å²) < 4.78 is 5.99. The van der Waals surface area contributed by atoms with Gasteiger partial charge in [-0.15, -0.1) is 0 Å². The van der Waals surface area contributed by atoms with E-state index in [0.29, 0.717) is 5.75 Å². The van der Waals surface area contributed by atoms with E-state index in [9.17, 15) is 4.79 Å². The lowest BCUT2D eigenvalue weighted by atomic mass is 10.3. The van der Waals surface area contributed by atoms with E-state index in [-0.39, 0.29) is 6.61 Å². The third-order valence-electron chi connectivity index (χ3n) is 1.47. The Balaban J connectivity index is 2.49. The zero-order valence-corrected chi connectivity index (χ0v) is 8.90. The van der Waals surface area contributed by atoms with Crippen LogP contribution in [0.5, 0.6) is 5.75 Å². The van der Waals surface area contributed by atoms with Crippen molar-refractivity contribution in [2.45, 2.75) is 6.04 Å². The van der Waals surface area contributed by atoms with E-state index < -0.39 is 11.9 Å². The highest BCUT2D eigenvalue weighted by Gasteiger charge is 2.09. The Kier molecular flexibility index (Phi) is 3.84. The standard InChI is InChI=1S/C8H10BrN3O2/c9-5-1-6(3-12-2-5)14-4-7(10)8(11)13/h1-3,7H,4,10H2,(H2,11,13). The first-order chi connectivity index (χ1) is 6.59. The van der Waals surface area contributed by atoms with Gasteiger partial charge in [0.15, 0.2) is 0 Å². The van der Waals surface area contributed by atoms with Gasteiger partial charge in [0.2, 0.25) is 5.91 Å². The minimum absolute atomic E-state index is 0.0491. The summed E-state index contributed by atoms with van der Waals surface area (Å²) in [7, 11) is 0. The van der Waals surface area contributed by atoms with Crippen molar-refractivity contribution in [3.63, 3.8) is 0 Å². The van der Waals surface area contributed by atoms with Crippen LogP contribution in [-0.4, -0.2) is 23.5 Å². The number of hydrogen-bond acceptors (Lipinski definition) is 4. The van der Waals surface area contributed by atoms with Gasteiger partial charge in [-0.3, -0.25) is 9.78 Å². The summed E-state index contributed by atoms with van der Waals surface area (Å²) in [4.78, 5) is 14.5. The monoisotopic (exact) mass is 259 g/mol. The van der Waals surface area contributed by atoms with E-state index in [0.717, 1.165) is 4.47 Å². The molecule has 0 aliphatic rings. The number of carbonyl (C=O) groups is 1. The molecule has 0 saturated carbocycles. The predicted molar refractivity (Wildman–Crippen MR) is 54.6 cm³/mol. The summed E-state index contributed by atoms with van der Waals surface area (Å²) in [6.45, 7) is 0.0491. The first kappa shape index (κ1) is 10.9. The van der Waals surface area contributed by atoms with E-state index in [1.807, 2.05) is 0 Å². The summed E-state index contributed by atoms with van der Waals surface area (Å²) in [6.07, 6.45) is 3.15. The number of rotatable bonds is 4. The van der Waals surface area contributed by atoms with Gasteiger partial charge < -0.3 is 16.2 Å². The fourth-order valence-electron chi connectivity index (χ4n) is 0.739. The van der Waals surface area contributed by atoms with Gasteiger partial charge in [-0.05, 0) is 22.0 Å². The van der Waals surface area contributed by atoms with Gasteiger partial charge >= 0.3 is 0 Å². The van der Waals surface area contributed by atoms with Gasteiger partial charge in [-0.25, -0.2) is 0 Å². The average molecular weight is 260 g/mol. The van der Waals surface area contributed by atoms with Crippen molar-refractivity contribution in [3.8, 4) is 5.75 Å². The van der Waals surface area contributed by atoms with Crippen molar-refractivity contribution in [3.05, 3.63) is 22.9 Å². The minimum atomic E-state index is -0.797. The summed E-state index contributed by atoms with van der Waals surface area (Å²) in [5, 5.41) is 0. The van der Waals surface area contributed by atoms with Crippen molar-refractivity contribution in [1.82, 2.24) is 4.98 Å². The van der Waals surface area contributed by atoms with Crippen LogP contribution in [0.3, 0.4) is 0 Å². The summed E-state index contributed by atoms with van der Waals surface area (Å²) in [5.41, 5.74) is 10.3. The Morgan fingerprint density at radius 2 is 2.36 bits per heavy atom. The zero-order chi connectivity index (χ0) is 10.6. The molecule has 0 bridgehead atoms. The molecular weight excluding hydrogens is 250 g/mol. The van der Waals surface area contributed by atoms with Gasteiger partial charge in [0, 0.05) is 10.7 Å². The van der Waals surface area contributed by atoms with Gasteiger partial charge in [-0.2, -0.15) is 0 Å². The Bertz CT molecular complexity index is 332. The highest BCUT2D eigenvalue weighted by molar-refractivity contribution is 9.10. The molecule has 4 N–H and O–H groups in total. The number of nitrogens with two attached hydrogens (primary N) is 2. The van der Waals surface area contributed by atoms with Gasteiger partial charge in [0.05, 0.1) is 6.20 Å². The number of carbonyl (C=O) groups excluding carboxylic acids is 1. The third kappa shape index (κ3) is 3.31. The number of halogens is 1. The van der Waals surface area contributed by atoms with Crippen molar-refractivity contribution < 1.29 is 9.53 Å². The lowest BCUT2D eigenvalue weighted by molar-refractivity contribution is -0.119. The zero-order valence-electron chi connectivity index (χ0n) is 7.31. The Morgan fingerprint density at radius 3 is 2.93 bits per heavy atom. The van der Waals surface area contributed by atoms with Gasteiger partial charge in [-0.1, -0.05) is 0 Å². The highest BCUT2D eigenvalue weighted by atomic mass is 79.9. The van der Waals surface area contributed by atoms with E-state index in [2.05, 4.69) is 20.9 Å². The van der Waals surface area contributed by atoms with Crippen LogP contribution in [-0.2, 0) is 4.79 Å². The normalized spacial score (nSPS) is 12.1. The number of nitrogens with zero attached hydrogens (tertiary/aromatic N) is 1. The first-order valence-corrected chi connectivity index (χ1v) is 4.67. The first-order valence-electron chi connectivity index (χ1n) is 3.88. The van der Waals surface area contributed by atoms with E-state index in [1.165, 1.54) is 6.20 Å². The summed E-state index contributed by atoms with van der Waals surface area (Å²) in [6, 6.07) is 0.926. The molecule has 5 nitrogen and oxygen atoms in total. The van der Waals surface area contributed by atoms with Crippen LogP contribution in [0.1, 0.15) is 0 Å². The largest absolute Gasteiger partial charge is 0.490 e. The number of primary amides is 1. The van der Waals surface area contributed by atoms with Crippen LogP contribution in [0.15, 0.2) is 22.9 Å². The fraction of sp³-hybridized carbons (Fsp3) is 0.250. The molecule has 1 aromatic rings. The van der Waals surface area contributed by atoms with Crippen molar-refractivity contribution in [2.75, 3.05) is 6.61 Å². The smallest absolute Gasteiger partial charge is 0.237 e. The lowest BCUT2D eigenvalue weighted by Gasteiger charge is -2.09. The average Bonchev–Trinajstić information content (AvgIpc) is 2.14. The van der Waals surface area contributed by atoms with Crippen LogP contribution in [0.4, 0.5) is 0 Å². The predicted octanol–water partition coefficient (Wildman–Crippen LogP) is 0.0355. The molecule has 0 aliphatic carbocycles. The highest BCUT2D eigenvalue weighted by Crippen LogP contribution is 2.15. The van der Waals surface area contributed by atoms with Gasteiger partial charge in [0.1, 0.15) is 18.4 Å². The molecule has 0 saturated heterocycles. The molecule has 0 radical (unpaired) electrons. The molecule has 1 aromatic heterocycles. The van der Waals surface area contributed by atoms with Crippen molar-refractivity contribution in [1.29, 1.82) is 0 Å². The molecule has 1 atom stereocenters. The number of amides is 1. The molecule has 76 valence electrons. The quantitative estimate of drug-likeness (QED) is 0.799. The molecule has 1 amide bonds. The van der Waals surface area contributed by atoms with E-state index >= 15 is 0 Å². The number of ether oxygens (including phenoxy) is 1. The van der Waals surface area contributed by atoms with Gasteiger partial charge in [0.25, 0.3) is 0 Å². The second-order valence-corrected chi connectivity index (χ2v) is 3.57. The third-order valence-corrected chi connectivity index (χ3v) is 1.91. The molecule has 0 aliphatic heterocycles. The topological polar surface area (TPSA) is 91.2 Å². The van der Waals surface area contributed by atoms with Crippen molar-refractivity contribution >= 4 is 21.8 Å². The molecule has 0 aromatic carbocycles. The van der Waals surface area contributed by atoms with Crippen LogP contribution >= 0.6 is 15.9 Å². The second kappa shape index (κ2) is 4.92. The Hall–Kier alpha value is -1.14. The van der Waals surface area contributed by atoms with E-state index in [1.54, 1.807) is 12.3 Å². The maximum absolute atomic E-state index is 10.6. The Labute approximate surface area is 89.6 Å². The molecule has 14 heavy (non-hydrogen) atoms. The number of pyridine rings is 1. The molecule has 0 fully saturated rings. The Morgan fingerprint density at radius 1 is 1.64 bits per heavy atom. The number of aromatic nitrogens is 1. The van der Waals surface area contributed by atoms with Crippen LogP contribution in [0, 0.1) is 0 Å². The molecule has 1 unspecified atom stereocenters. The molecule has 6 heteroatoms. The molecule has 1 heterocycles. The van der Waals surface area contributed by atoms with E-state index in [4.69, 9.17) is 16.2 Å². The molecule has 1 rings (SSSR count). The SMILES string of the molecule is NC(=O)C(N)COc1cncc(Br)c1. The maximum Gasteiger partial charge on any atom is 0.237 e. The number of hydrogen-bond donors (Lipinski definition) is 2. The van der Waals surface area contributed by atoms with Crippen LogP contribution < -0.4 is 16.2 Å². The van der Waals surface area contributed by atoms with Crippen molar-refractivity contribution in [2.24, 2.45) is 11.5 Å². The lowest BCUT2D eigenvalue weighted by Crippen LogP contribution is -2.41. The van der Waals surface area contributed by atoms with Crippen LogP contribution in [0.25, 0.3) is 0 Å².